The van der Waals surface area contributed by atoms with Crippen LogP contribution in [-0.4, -0.2) is 67.6 Å². The fourth-order valence-electron chi connectivity index (χ4n) is 3.66. The van der Waals surface area contributed by atoms with E-state index < -0.39 is 28.1 Å². The van der Waals surface area contributed by atoms with Crippen LogP contribution in [0.5, 0.6) is 0 Å². The largest absolute Gasteiger partial charge is 0.465 e. The lowest BCUT2D eigenvalue weighted by Crippen LogP contribution is -2.48. The fourth-order valence-corrected chi connectivity index (χ4v) is 4.86. The second-order valence-electron chi connectivity index (χ2n) is 8.77. The highest BCUT2D eigenvalue weighted by atomic mass is 32.2. The number of carbonyl (C=O) groups is 2. The van der Waals surface area contributed by atoms with Crippen molar-refractivity contribution < 1.29 is 23.1 Å². The number of aromatic nitrogens is 1. The van der Waals surface area contributed by atoms with Gasteiger partial charge < -0.3 is 20.2 Å². The van der Waals surface area contributed by atoms with Gasteiger partial charge in [-0.2, -0.15) is 4.72 Å². The van der Waals surface area contributed by atoms with Crippen LogP contribution in [0.25, 0.3) is 0 Å². The number of anilines is 2. The van der Waals surface area contributed by atoms with Crippen LogP contribution < -0.4 is 14.9 Å². The van der Waals surface area contributed by atoms with Crippen molar-refractivity contribution in [1.82, 2.24) is 14.6 Å². The molecule has 0 saturated carbocycles. The summed E-state index contributed by atoms with van der Waals surface area (Å²) in [5.74, 6) is 0.303. The summed E-state index contributed by atoms with van der Waals surface area (Å²) in [6.07, 6.45) is 0.910. The number of pyridine rings is 1. The first-order chi connectivity index (χ1) is 16.0. The highest BCUT2D eigenvalue weighted by Gasteiger charge is 2.27. The standard InChI is InChI=1S/C23H31N5O5S/c1-16(2)14-20(26-34(32,33)19-7-4-17(3)5-8-19)22(29)25-18-6-9-21(24-15-18)27-10-12-28(13-11-27)23(30)31/h4-9,15-16,20,26H,10-14H2,1-3H3,(H,25,29)(H,30,31). The van der Waals surface area contributed by atoms with Gasteiger partial charge in [-0.15, -0.1) is 0 Å². The van der Waals surface area contributed by atoms with E-state index in [1.165, 1.54) is 23.2 Å². The maximum Gasteiger partial charge on any atom is 0.407 e. The molecule has 0 radical (unpaired) electrons. The van der Waals surface area contributed by atoms with Crippen molar-refractivity contribution in [1.29, 1.82) is 0 Å². The number of amides is 2. The molecule has 1 fully saturated rings. The molecule has 2 amide bonds. The summed E-state index contributed by atoms with van der Waals surface area (Å²) >= 11 is 0. The van der Waals surface area contributed by atoms with Crippen molar-refractivity contribution in [3.8, 4) is 0 Å². The third kappa shape index (κ3) is 6.67. The van der Waals surface area contributed by atoms with Gasteiger partial charge in [-0.1, -0.05) is 31.5 Å². The molecule has 0 bridgehead atoms. The molecule has 0 aliphatic carbocycles. The van der Waals surface area contributed by atoms with E-state index in [1.807, 2.05) is 25.7 Å². The van der Waals surface area contributed by atoms with Crippen LogP contribution in [-0.2, 0) is 14.8 Å². The van der Waals surface area contributed by atoms with Gasteiger partial charge in [0.1, 0.15) is 11.9 Å². The van der Waals surface area contributed by atoms with Crippen LogP contribution in [0.3, 0.4) is 0 Å². The van der Waals surface area contributed by atoms with Crippen molar-refractivity contribution in [2.24, 2.45) is 5.92 Å². The number of carbonyl (C=O) groups excluding carboxylic acids is 1. The Morgan fingerprint density at radius 3 is 2.24 bits per heavy atom. The third-order valence-electron chi connectivity index (χ3n) is 5.54. The van der Waals surface area contributed by atoms with Gasteiger partial charge in [-0.05, 0) is 43.5 Å². The molecule has 1 aromatic carbocycles. The predicted molar refractivity (Wildman–Crippen MR) is 129 cm³/mol. The fraction of sp³-hybridized carbons (Fsp3) is 0.435. The molecule has 1 aliphatic heterocycles. The number of sulfonamides is 1. The zero-order chi connectivity index (χ0) is 24.9. The summed E-state index contributed by atoms with van der Waals surface area (Å²) in [6.45, 7) is 7.56. The number of nitrogens with zero attached hydrogens (tertiary/aromatic N) is 3. The lowest BCUT2D eigenvalue weighted by molar-refractivity contribution is -0.118. The molecule has 11 heteroatoms. The van der Waals surface area contributed by atoms with E-state index in [1.54, 1.807) is 24.3 Å². The van der Waals surface area contributed by atoms with Crippen LogP contribution in [0.2, 0.25) is 0 Å². The molecule has 3 rings (SSSR count). The molecule has 34 heavy (non-hydrogen) atoms. The monoisotopic (exact) mass is 489 g/mol. The number of nitrogens with one attached hydrogen (secondary N) is 2. The van der Waals surface area contributed by atoms with Crippen molar-refractivity contribution >= 4 is 33.5 Å². The Hall–Kier alpha value is -3.18. The highest BCUT2D eigenvalue weighted by Crippen LogP contribution is 2.18. The van der Waals surface area contributed by atoms with Gasteiger partial charge in [0.2, 0.25) is 15.9 Å². The number of hydrogen-bond acceptors (Lipinski definition) is 6. The number of hydrogen-bond donors (Lipinski definition) is 3. The van der Waals surface area contributed by atoms with Gasteiger partial charge in [0.05, 0.1) is 16.8 Å². The number of piperazine rings is 1. The second-order valence-corrected chi connectivity index (χ2v) is 10.5. The minimum absolute atomic E-state index is 0.0847. The summed E-state index contributed by atoms with van der Waals surface area (Å²) in [4.78, 5) is 31.8. The van der Waals surface area contributed by atoms with Crippen molar-refractivity contribution in [3.05, 3.63) is 48.2 Å². The molecule has 3 N–H and O–H groups in total. The van der Waals surface area contributed by atoms with E-state index in [4.69, 9.17) is 5.11 Å². The molecule has 1 atom stereocenters. The predicted octanol–water partition coefficient (Wildman–Crippen LogP) is 2.52. The van der Waals surface area contributed by atoms with Gasteiger partial charge in [-0.25, -0.2) is 18.2 Å². The third-order valence-corrected chi connectivity index (χ3v) is 7.03. The minimum Gasteiger partial charge on any atom is -0.465 e. The maximum absolute atomic E-state index is 13.0. The normalized spacial score (nSPS) is 15.3. The lowest BCUT2D eigenvalue weighted by Gasteiger charge is -2.33. The summed E-state index contributed by atoms with van der Waals surface area (Å²) in [6, 6.07) is 8.95. The molecule has 1 aromatic heterocycles. The van der Waals surface area contributed by atoms with E-state index in [2.05, 4.69) is 15.0 Å². The molecule has 1 unspecified atom stereocenters. The highest BCUT2D eigenvalue weighted by molar-refractivity contribution is 7.89. The molecule has 2 heterocycles. The number of carboxylic acid groups (broad SMARTS) is 1. The molecule has 184 valence electrons. The van der Waals surface area contributed by atoms with Crippen LogP contribution >= 0.6 is 0 Å². The Kier molecular flexibility index (Phi) is 8.11. The first-order valence-electron chi connectivity index (χ1n) is 11.1. The quantitative estimate of drug-likeness (QED) is 0.519. The summed E-state index contributed by atoms with van der Waals surface area (Å²) in [7, 11) is -3.87. The number of aryl methyl sites for hydroxylation is 1. The van der Waals surface area contributed by atoms with E-state index >= 15 is 0 Å². The maximum atomic E-state index is 13.0. The van der Waals surface area contributed by atoms with Crippen molar-refractivity contribution in [2.45, 2.75) is 38.1 Å². The molecule has 2 aromatic rings. The molecule has 1 saturated heterocycles. The Bertz CT molecular complexity index is 1100. The van der Waals surface area contributed by atoms with E-state index in [0.717, 1.165) is 5.56 Å². The van der Waals surface area contributed by atoms with Crippen LogP contribution in [0.1, 0.15) is 25.8 Å². The lowest BCUT2D eigenvalue weighted by atomic mass is 10.0. The second kappa shape index (κ2) is 10.8. The van der Waals surface area contributed by atoms with Gasteiger partial charge in [0.15, 0.2) is 0 Å². The molecular formula is C23H31N5O5S. The number of benzene rings is 1. The van der Waals surface area contributed by atoms with Crippen LogP contribution in [0.15, 0.2) is 47.5 Å². The Morgan fingerprint density at radius 1 is 1.06 bits per heavy atom. The van der Waals surface area contributed by atoms with E-state index in [9.17, 15) is 18.0 Å². The summed E-state index contributed by atoms with van der Waals surface area (Å²) in [5.41, 5.74) is 1.39. The zero-order valence-electron chi connectivity index (χ0n) is 19.6. The first kappa shape index (κ1) is 25.4. The average molecular weight is 490 g/mol. The summed E-state index contributed by atoms with van der Waals surface area (Å²) in [5, 5.41) is 11.8. The Balaban J connectivity index is 1.66. The zero-order valence-corrected chi connectivity index (χ0v) is 20.4. The SMILES string of the molecule is Cc1ccc(S(=O)(=O)NC(CC(C)C)C(=O)Nc2ccc(N3CCN(C(=O)O)CC3)nc2)cc1. The van der Waals surface area contributed by atoms with Crippen LogP contribution in [0.4, 0.5) is 16.3 Å². The smallest absolute Gasteiger partial charge is 0.407 e. The molecule has 10 nitrogen and oxygen atoms in total. The molecule has 1 aliphatic rings. The van der Waals surface area contributed by atoms with Gasteiger partial charge >= 0.3 is 6.09 Å². The van der Waals surface area contributed by atoms with Crippen molar-refractivity contribution in [2.75, 3.05) is 36.4 Å². The average Bonchev–Trinajstić information content (AvgIpc) is 2.79. The number of rotatable bonds is 8. The first-order valence-corrected chi connectivity index (χ1v) is 12.6. The minimum atomic E-state index is -3.87. The molecular weight excluding hydrogens is 458 g/mol. The Labute approximate surface area is 200 Å². The van der Waals surface area contributed by atoms with Gasteiger partial charge in [-0.3, -0.25) is 4.79 Å². The van der Waals surface area contributed by atoms with E-state index in [-0.39, 0.29) is 10.8 Å². The van der Waals surface area contributed by atoms with Crippen LogP contribution in [0, 0.1) is 12.8 Å². The summed E-state index contributed by atoms with van der Waals surface area (Å²) < 4.78 is 28.2. The topological polar surface area (TPSA) is 132 Å². The van der Waals surface area contributed by atoms with Gasteiger partial charge in [0.25, 0.3) is 0 Å². The Morgan fingerprint density at radius 2 is 1.71 bits per heavy atom. The van der Waals surface area contributed by atoms with E-state index in [0.29, 0.717) is 44.1 Å². The van der Waals surface area contributed by atoms with Gasteiger partial charge in [0, 0.05) is 26.2 Å². The molecule has 0 spiro atoms. The van der Waals surface area contributed by atoms with Crippen molar-refractivity contribution in [3.63, 3.8) is 0 Å².